The Labute approximate surface area is 155 Å². The van der Waals surface area contributed by atoms with Gasteiger partial charge in [0.05, 0.1) is 31.2 Å². The second kappa shape index (κ2) is 7.69. The highest BCUT2D eigenvalue weighted by Gasteiger charge is 2.22. The molecule has 0 saturated carbocycles. The smallest absolute Gasteiger partial charge is 0.214 e. The maximum atomic E-state index is 13.1. The normalized spacial score (nSPS) is 15.8. The van der Waals surface area contributed by atoms with Crippen LogP contribution in [0.3, 0.4) is 0 Å². The predicted molar refractivity (Wildman–Crippen MR) is 99.3 cm³/mol. The highest BCUT2D eigenvalue weighted by atomic mass is 32.1. The average molecular weight is 376 g/mol. The van der Waals surface area contributed by atoms with Crippen molar-refractivity contribution in [2.24, 2.45) is 0 Å². The lowest BCUT2D eigenvalue weighted by Crippen LogP contribution is -2.37. The lowest BCUT2D eigenvalue weighted by molar-refractivity contribution is 0.00609. The van der Waals surface area contributed by atoms with Crippen molar-refractivity contribution in [2.45, 2.75) is 18.9 Å². The van der Waals surface area contributed by atoms with E-state index in [1.54, 1.807) is 35.1 Å². The molecule has 0 unspecified atom stereocenters. The number of halogens is 1. The molecule has 0 aliphatic carbocycles. The van der Waals surface area contributed by atoms with E-state index in [0.29, 0.717) is 19.3 Å². The topological polar surface area (TPSA) is 51.9 Å². The van der Waals surface area contributed by atoms with Gasteiger partial charge in [-0.3, -0.25) is 0 Å². The van der Waals surface area contributed by atoms with Gasteiger partial charge in [-0.05, 0) is 37.1 Å². The average Bonchev–Trinajstić information content (AvgIpc) is 3.22. The first-order chi connectivity index (χ1) is 12.7. The van der Waals surface area contributed by atoms with Gasteiger partial charge < -0.3 is 14.4 Å². The Morgan fingerprint density at radius 2 is 1.96 bits per heavy atom. The number of piperidine rings is 1. The van der Waals surface area contributed by atoms with Crippen LogP contribution >= 0.6 is 11.3 Å². The van der Waals surface area contributed by atoms with Gasteiger partial charge in [-0.25, -0.2) is 13.9 Å². The van der Waals surface area contributed by atoms with Gasteiger partial charge in [0, 0.05) is 25.8 Å². The molecule has 0 spiro atoms. The molecule has 0 amide bonds. The Morgan fingerprint density at radius 1 is 1.19 bits per heavy atom. The van der Waals surface area contributed by atoms with Gasteiger partial charge in [-0.1, -0.05) is 11.3 Å². The molecule has 0 radical (unpaired) electrons. The van der Waals surface area contributed by atoms with Crippen molar-refractivity contribution >= 4 is 21.4 Å². The molecular formula is C18H21FN4O2S. The van der Waals surface area contributed by atoms with Crippen LogP contribution in [-0.2, 0) is 9.47 Å². The van der Waals surface area contributed by atoms with E-state index in [-0.39, 0.29) is 5.82 Å². The SMILES string of the molecule is COCCOC1CCN(c2nn3cc(-c4ccc(F)cc4)nc3s2)CC1. The largest absolute Gasteiger partial charge is 0.382 e. The van der Waals surface area contributed by atoms with E-state index >= 15 is 0 Å². The number of hydrogen-bond acceptors (Lipinski definition) is 6. The number of imidazole rings is 1. The molecular weight excluding hydrogens is 355 g/mol. The standard InChI is InChI=1S/C18H21FN4O2S/c1-24-10-11-25-15-6-8-22(9-7-15)18-21-23-12-16(20-17(23)26-18)13-2-4-14(19)5-3-13/h2-5,12,15H,6-11H2,1H3. The van der Waals surface area contributed by atoms with Crippen LogP contribution in [0.25, 0.3) is 16.2 Å². The second-order valence-electron chi connectivity index (χ2n) is 6.29. The van der Waals surface area contributed by atoms with Gasteiger partial charge in [-0.15, -0.1) is 5.10 Å². The van der Waals surface area contributed by atoms with Crippen LogP contribution in [0.1, 0.15) is 12.8 Å². The molecule has 1 aromatic carbocycles. The lowest BCUT2D eigenvalue weighted by atomic mass is 10.1. The summed E-state index contributed by atoms with van der Waals surface area (Å²) in [6, 6.07) is 6.36. The van der Waals surface area contributed by atoms with E-state index in [0.717, 1.165) is 47.3 Å². The Balaban J connectivity index is 1.41. The lowest BCUT2D eigenvalue weighted by Gasteiger charge is -2.31. The summed E-state index contributed by atoms with van der Waals surface area (Å²) < 4.78 is 25.7. The van der Waals surface area contributed by atoms with Crippen molar-refractivity contribution < 1.29 is 13.9 Å². The van der Waals surface area contributed by atoms with Crippen LogP contribution in [-0.4, -0.2) is 54.1 Å². The molecule has 0 N–H and O–H groups in total. The minimum Gasteiger partial charge on any atom is -0.382 e. The number of methoxy groups -OCH3 is 1. The molecule has 2 aromatic heterocycles. The summed E-state index contributed by atoms with van der Waals surface area (Å²) in [6.07, 6.45) is 4.18. The fraction of sp³-hybridized carbons (Fsp3) is 0.444. The summed E-state index contributed by atoms with van der Waals surface area (Å²) in [5.41, 5.74) is 1.69. The third-order valence-electron chi connectivity index (χ3n) is 4.53. The Hall–Kier alpha value is -2.03. The zero-order valence-electron chi connectivity index (χ0n) is 14.6. The van der Waals surface area contributed by atoms with Crippen LogP contribution in [0, 0.1) is 5.82 Å². The number of fused-ring (bicyclic) bond motifs is 1. The zero-order valence-corrected chi connectivity index (χ0v) is 15.4. The van der Waals surface area contributed by atoms with Gasteiger partial charge in [0.1, 0.15) is 5.82 Å². The second-order valence-corrected chi connectivity index (χ2v) is 7.23. The van der Waals surface area contributed by atoms with Crippen LogP contribution in [0.15, 0.2) is 30.5 Å². The molecule has 1 aliphatic heterocycles. The molecule has 8 heteroatoms. The highest BCUT2D eigenvalue weighted by Crippen LogP contribution is 2.29. The van der Waals surface area contributed by atoms with E-state index in [1.807, 2.05) is 6.20 Å². The summed E-state index contributed by atoms with van der Waals surface area (Å²) in [5.74, 6) is -0.246. The number of ether oxygens (including phenoxy) is 2. The van der Waals surface area contributed by atoms with Crippen molar-refractivity contribution in [1.29, 1.82) is 0 Å². The molecule has 1 saturated heterocycles. The summed E-state index contributed by atoms with van der Waals surface area (Å²) >= 11 is 1.58. The maximum Gasteiger partial charge on any atom is 0.214 e. The third kappa shape index (κ3) is 3.72. The number of rotatable bonds is 6. The van der Waals surface area contributed by atoms with Crippen molar-refractivity contribution in [3.63, 3.8) is 0 Å². The quantitative estimate of drug-likeness (QED) is 0.618. The first kappa shape index (κ1) is 17.4. The van der Waals surface area contributed by atoms with E-state index in [4.69, 9.17) is 9.47 Å². The Morgan fingerprint density at radius 3 is 2.65 bits per heavy atom. The molecule has 6 nitrogen and oxygen atoms in total. The van der Waals surface area contributed by atoms with Gasteiger partial charge >= 0.3 is 0 Å². The predicted octanol–water partition coefficient (Wildman–Crippen LogP) is 3.23. The first-order valence-corrected chi connectivity index (χ1v) is 9.52. The first-order valence-electron chi connectivity index (χ1n) is 8.70. The Bertz CT molecular complexity index is 824. The van der Waals surface area contributed by atoms with Crippen LogP contribution < -0.4 is 4.90 Å². The van der Waals surface area contributed by atoms with Gasteiger partial charge in [-0.2, -0.15) is 0 Å². The van der Waals surface area contributed by atoms with Gasteiger partial charge in [0.2, 0.25) is 10.1 Å². The minimum atomic E-state index is -0.246. The number of anilines is 1. The van der Waals surface area contributed by atoms with Gasteiger partial charge in [0.25, 0.3) is 0 Å². The number of nitrogens with zero attached hydrogens (tertiary/aromatic N) is 4. The van der Waals surface area contributed by atoms with Gasteiger partial charge in [0.15, 0.2) is 0 Å². The monoisotopic (exact) mass is 376 g/mol. The van der Waals surface area contributed by atoms with E-state index < -0.39 is 0 Å². The van der Waals surface area contributed by atoms with E-state index in [2.05, 4.69) is 15.0 Å². The number of benzene rings is 1. The molecule has 4 rings (SSSR count). The molecule has 0 atom stereocenters. The molecule has 138 valence electrons. The Kier molecular flexibility index (Phi) is 5.14. The third-order valence-corrected chi connectivity index (χ3v) is 5.51. The van der Waals surface area contributed by atoms with E-state index in [9.17, 15) is 4.39 Å². The summed E-state index contributed by atoms with van der Waals surface area (Å²) in [6.45, 7) is 3.15. The molecule has 1 aliphatic rings. The summed E-state index contributed by atoms with van der Waals surface area (Å²) in [5, 5.41) is 5.64. The maximum absolute atomic E-state index is 13.1. The molecule has 26 heavy (non-hydrogen) atoms. The number of aromatic nitrogens is 3. The summed E-state index contributed by atoms with van der Waals surface area (Å²) in [4.78, 5) is 7.75. The summed E-state index contributed by atoms with van der Waals surface area (Å²) in [7, 11) is 1.69. The zero-order chi connectivity index (χ0) is 17.9. The number of hydrogen-bond donors (Lipinski definition) is 0. The van der Waals surface area contributed by atoms with Crippen molar-refractivity contribution in [1.82, 2.24) is 14.6 Å². The molecule has 0 bridgehead atoms. The highest BCUT2D eigenvalue weighted by molar-refractivity contribution is 7.20. The fourth-order valence-electron chi connectivity index (χ4n) is 3.09. The molecule has 3 heterocycles. The van der Waals surface area contributed by atoms with Crippen molar-refractivity contribution in [2.75, 3.05) is 38.3 Å². The van der Waals surface area contributed by atoms with Crippen LogP contribution in [0.4, 0.5) is 9.52 Å². The fourth-order valence-corrected chi connectivity index (χ4v) is 4.02. The van der Waals surface area contributed by atoms with Crippen molar-refractivity contribution in [3.8, 4) is 11.3 Å². The van der Waals surface area contributed by atoms with Crippen molar-refractivity contribution in [3.05, 3.63) is 36.3 Å². The molecule has 3 aromatic rings. The van der Waals surface area contributed by atoms with Crippen LogP contribution in [0.5, 0.6) is 0 Å². The molecule has 1 fully saturated rings. The minimum absolute atomic E-state index is 0.246. The van der Waals surface area contributed by atoms with E-state index in [1.165, 1.54) is 12.1 Å². The van der Waals surface area contributed by atoms with Crippen LogP contribution in [0.2, 0.25) is 0 Å².